The van der Waals surface area contributed by atoms with Crippen LogP contribution >= 0.6 is 0 Å². The summed E-state index contributed by atoms with van der Waals surface area (Å²) < 4.78 is 10.6. The zero-order valence-electron chi connectivity index (χ0n) is 12.2. The van der Waals surface area contributed by atoms with Gasteiger partial charge in [0.2, 0.25) is 0 Å². The summed E-state index contributed by atoms with van der Waals surface area (Å²) in [6, 6.07) is 3.97. The van der Waals surface area contributed by atoms with Gasteiger partial charge < -0.3 is 19.6 Å². The van der Waals surface area contributed by atoms with Crippen LogP contribution in [-0.4, -0.2) is 26.5 Å². The molecule has 0 fully saturated rings. The van der Waals surface area contributed by atoms with E-state index in [1.807, 2.05) is 12.1 Å². The van der Waals surface area contributed by atoms with Gasteiger partial charge in [-0.05, 0) is 50.1 Å². The zero-order chi connectivity index (χ0) is 14.3. The predicted molar refractivity (Wildman–Crippen MR) is 75.9 cm³/mol. The van der Waals surface area contributed by atoms with Crippen molar-refractivity contribution in [3.8, 4) is 11.5 Å². The van der Waals surface area contributed by atoms with Crippen LogP contribution in [0.5, 0.6) is 11.5 Å². The lowest BCUT2D eigenvalue weighted by Gasteiger charge is -2.13. The van der Waals surface area contributed by atoms with Crippen LogP contribution in [0.3, 0.4) is 0 Å². The molecule has 1 N–H and O–H groups in total. The van der Waals surface area contributed by atoms with Gasteiger partial charge in [0.15, 0.2) is 11.5 Å². The fraction of sp³-hybridized carbons (Fsp3) is 0.533. The molecule has 0 atom stereocenters. The Hall–Kier alpha value is -1.55. The van der Waals surface area contributed by atoms with Crippen molar-refractivity contribution in [3.05, 3.63) is 23.3 Å². The molecule has 0 aliphatic rings. The molecule has 0 saturated heterocycles. The molecule has 4 nitrogen and oxygen atoms in total. The van der Waals surface area contributed by atoms with Crippen LogP contribution in [0.15, 0.2) is 12.1 Å². The highest BCUT2D eigenvalue weighted by Crippen LogP contribution is 2.30. The van der Waals surface area contributed by atoms with Crippen molar-refractivity contribution in [3.63, 3.8) is 0 Å². The second kappa shape index (κ2) is 7.79. The molecule has 1 rings (SSSR count). The summed E-state index contributed by atoms with van der Waals surface area (Å²) >= 11 is 0. The number of hydrogen-bond donors (Lipinski definition) is 1. The first-order valence-corrected chi connectivity index (χ1v) is 6.50. The monoisotopic (exact) mass is 265 g/mol. The number of nitrogens with one attached hydrogen (secondary N) is 1. The minimum absolute atomic E-state index is 0.240. The summed E-state index contributed by atoms with van der Waals surface area (Å²) in [6.45, 7) is 5.28. The van der Waals surface area contributed by atoms with Gasteiger partial charge in [0.25, 0.3) is 0 Å². The lowest BCUT2D eigenvalue weighted by molar-refractivity contribution is -0.117. The number of benzene rings is 1. The molecule has 0 spiro atoms. The first-order valence-electron chi connectivity index (χ1n) is 6.50. The molecular formula is C15H23NO3. The van der Waals surface area contributed by atoms with Gasteiger partial charge in [-0.15, -0.1) is 0 Å². The fourth-order valence-electron chi connectivity index (χ4n) is 1.90. The highest BCUT2D eigenvalue weighted by molar-refractivity contribution is 5.75. The smallest absolute Gasteiger partial charge is 0.161 e. The van der Waals surface area contributed by atoms with Crippen molar-refractivity contribution in [2.24, 2.45) is 0 Å². The van der Waals surface area contributed by atoms with Crippen LogP contribution < -0.4 is 14.8 Å². The van der Waals surface area contributed by atoms with Crippen molar-refractivity contribution >= 4 is 5.78 Å². The van der Waals surface area contributed by atoms with Gasteiger partial charge in [-0.2, -0.15) is 0 Å². The summed E-state index contributed by atoms with van der Waals surface area (Å²) in [7, 11) is 3.27. The van der Waals surface area contributed by atoms with Gasteiger partial charge in [0.1, 0.15) is 5.78 Å². The van der Waals surface area contributed by atoms with Gasteiger partial charge >= 0.3 is 0 Å². The van der Waals surface area contributed by atoms with E-state index in [0.717, 1.165) is 36.6 Å². The van der Waals surface area contributed by atoms with Crippen LogP contribution in [0.1, 0.15) is 30.9 Å². The summed E-state index contributed by atoms with van der Waals surface area (Å²) in [5.41, 5.74) is 2.34. The Morgan fingerprint density at radius 1 is 1.21 bits per heavy atom. The minimum atomic E-state index is 0.240. The van der Waals surface area contributed by atoms with E-state index in [9.17, 15) is 4.79 Å². The number of ether oxygens (including phenoxy) is 2. The second-order valence-electron chi connectivity index (χ2n) is 4.62. The fourth-order valence-corrected chi connectivity index (χ4v) is 1.90. The number of Topliss-reactive ketones (excluding diaryl/α,β-unsaturated/α-hetero) is 1. The number of aryl methyl sites for hydroxylation is 1. The highest BCUT2D eigenvalue weighted by Gasteiger charge is 2.08. The Balaban J connectivity index is 2.56. The van der Waals surface area contributed by atoms with Crippen LogP contribution in [0.4, 0.5) is 0 Å². The van der Waals surface area contributed by atoms with Crippen molar-refractivity contribution in [1.29, 1.82) is 0 Å². The number of methoxy groups -OCH3 is 2. The maximum absolute atomic E-state index is 10.8. The number of carbonyl (C=O) groups excluding carboxylic acids is 1. The van der Waals surface area contributed by atoms with Crippen LogP contribution in [0.2, 0.25) is 0 Å². The number of rotatable bonds is 8. The molecule has 0 aliphatic heterocycles. The lowest BCUT2D eigenvalue weighted by Crippen LogP contribution is -2.16. The van der Waals surface area contributed by atoms with Crippen molar-refractivity contribution in [2.75, 3.05) is 20.8 Å². The maximum Gasteiger partial charge on any atom is 0.161 e. The van der Waals surface area contributed by atoms with E-state index >= 15 is 0 Å². The quantitative estimate of drug-likeness (QED) is 0.734. The lowest BCUT2D eigenvalue weighted by atomic mass is 10.1. The SMILES string of the molecule is COc1cc(C)c(CNCCCC(C)=O)cc1OC. The van der Waals surface area contributed by atoms with E-state index in [0.29, 0.717) is 6.42 Å². The molecule has 106 valence electrons. The zero-order valence-corrected chi connectivity index (χ0v) is 12.2. The first-order chi connectivity index (χ1) is 9.08. The van der Waals surface area contributed by atoms with Crippen LogP contribution in [0, 0.1) is 6.92 Å². The molecule has 0 radical (unpaired) electrons. The molecule has 0 saturated carbocycles. The molecule has 0 aromatic heterocycles. The normalized spacial score (nSPS) is 10.3. The summed E-state index contributed by atoms with van der Waals surface area (Å²) in [4.78, 5) is 10.8. The molecule has 1 aromatic carbocycles. The van der Waals surface area contributed by atoms with Gasteiger partial charge in [-0.1, -0.05) is 0 Å². The summed E-state index contributed by atoms with van der Waals surface area (Å²) in [5, 5.41) is 3.34. The van der Waals surface area contributed by atoms with E-state index in [1.54, 1.807) is 21.1 Å². The summed E-state index contributed by atoms with van der Waals surface area (Å²) in [5.74, 6) is 1.73. The number of carbonyl (C=O) groups is 1. The summed E-state index contributed by atoms with van der Waals surface area (Å²) in [6.07, 6.45) is 1.51. The molecule has 0 amide bonds. The Bertz CT molecular complexity index is 430. The van der Waals surface area contributed by atoms with E-state index < -0.39 is 0 Å². The minimum Gasteiger partial charge on any atom is -0.493 e. The predicted octanol–water partition coefficient (Wildman–Crippen LogP) is 2.47. The van der Waals surface area contributed by atoms with E-state index in [-0.39, 0.29) is 5.78 Å². The third-order valence-corrected chi connectivity index (χ3v) is 3.04. The largest absolute Gasteiger partial charge is 0.493 e. The van der Waals surface area contributed by atoms with Gasteiger partial charge in [0, 0.05) is 13.0 Å². The highest BCUT2D eigenvalue weighted by atomic mass is 16.5. The van der Waals surface area contributed by atoms with Crippen LogP contribution in [0.25, 0.3) is 0 Å². The first kappa shape index (κ1) is 15.5. The Kier molecular flexibility index (Phi) is 6.36. The van der Waals surface area contributed by atoms with Gasteiger partial charge in [-0.25, -0.2) is 0 Å². The molecule has 1 aromatic rings. The Morgan fingerprint density at radius 2 is 1.84 bits per heavy atom. The Labute approximate surface area is 115 Å². The van der Waals surface area contributed by atoms with E-state index in [4.69, 9.17) is 9.47 Å². The number of ketones is 1. The van der Waals surface area contributed by atoms with Crippen LogP contribution in [-0.2, 0) is 11.3 Å². The second-order valence-corrected chi connectivity index (χ2v) is 4.62. The molecule has 0 unspecified atom stereocenters. The third kappa shape index (κ3) is 4.91. The average molecular weight is 265 g/mol. The standard InChI is InChI=1S/C15H23NO3/c1-11-8-14(18-3)15(19-4)9-13(11)10-16-7-5-6-12(2)17/h8-9,16H,5-7,10H2,1-4H3. The van der Waals surface area contributed by atoms with E-state index in [2.05, 4.69) is 12.2 Å². The van der Waals surface area contributed by atoms with Crippen molar-refractivity contribution in [1.82, 2.24) is 5.32 Å². The third-order valence-electron chi connectivity index (χ3n) is 3.04. The molecule has 0 heterocycles. The molecule has 4 heteroatoms. The molecule has 0 aliphatic carbocycles. The molecular weight excluding hydrogens is 242 g/mol. The van der Waals surface area contributed by atoms with Gasteiger partial charge in [-0.3, -0.25) is 0 Å². The van der Waals surface area contributed by atoms with E-state index in [1.165, 1.54) is 5.56 Å². The molecule has 19 heavy (non-hydrogen) atoms. The average Bonchev–Trinajstić information content (AvgIpc) is 2.39. The van der Waals surface area contributed by atoms with Crippen molar-refractivity contribution < 1.29 is 14.3 Å². The topological polar surface area (TPSA) is 47.6 Å². The van der Waals surface area contributed by atoms with Crippen molar-refractivity contribution in [2.45, 2.75) is 33.2 Å². The number of hydrogen-bond acceptors (Lipinski definition) is 4. The Morgan fingerprint density at radius 3 is 2.42 bits per heavy atom. The maximum atomic E-state index is 10.8. The van der Waals surface area contributed by atoms with Gasteiger partial charge in [0.05, 0.1) is 14.2 Å². The molecule has 0 bridgehead atoms.